The third-order valence-corrected chi connectivity index (χ3v) is 2.84. The molecular formula is C12H17BO5. The third-order valence-electron chi connectivity index (χ3n) is 2.84. The molecule has 0 spiro atoms. The maximum Gasteiger partial charge on any atom is 0.492 e. The summed E-state index contributed by atoms with van der Waals surface area (Å²) < 4.78 is 15.7. The van der Waals surface area contributed by atoms with Crippen LogP contribution in [0.15, 0.2) is 18.2 Å². The van der Waals surface area contributed by atoms with Gasteiger partial charge in [0.1, 0.15) is 11.5 Å². The Morgan fingerprint density at radius 1 is 1.33 bits per heavy atom. The molecule has 1 aromatic carbocycles. The van der Waals surface area contributed by atoms with Crippen molar-refractivity contribution in [1.29, 1.82) is 0 Å². The smallest absolute Gasteiger partial charge is 0.492 e. The minimum absolute atomic E-state index is 0.114. The van der Waals surface area contributed by atoms with Crippen LogP contribution in [0.4, 0.5) is 0 Å². The molecule has 0 aromatic heterocycles. The van der Waals surface area contributed by atoms with Crippen molar-refractivity contribution in [3.63, 3.8) is 0 Å². The second-order valence-corrected chi connectivity index (χ2v) is 4.35. The van der Waals surface area contributed by atoms with Gasteiger partial charge in [-0.15, -0.1) is 0 Å². The zero-order valence-electron chi connectivity index (χ0n) is 10.3. The first-order valence-corrected chi connectivity index (χ1v) is 5.95. The summed E-state index contributed by atoms with van der Waals surface area (Å²) in [6.45, 7) is 0.815. The van der Waals surface area contributed by atoms with Crippen LogP contribution >= 0.6 is 0 Å². The molecule has 2 rings (SSSR count). The van der Waals surface area contributed by atoms with E-state index in [0.29, 0.717) is 24.0 Å². The Labute approximate surface area is 106 Å². The van der Waals surface area contributed by atoms with Gasteiger partial charge in [-0.2, -0.15) is 0 Å². The van der Waals surface area contributed by atoms with Crippen molar-refractivity contribution < 1.29 is 24.3 Å². The Kier molecular flexibility index (Phi) is 4.46. The van der Waals surface area contributed by atoms with E-state index in [1.54, 1.807) is 12.1 Å². The van der Waals surface area contributed by atoms with Crippen LogP contribution in [-0.2, 0) is 4.74 Å². The highest BCUT2D eigenvalue weighted by atomic mass is 16.7. The fraction of sp³-hybridized carbons (Fsp3) is 0.500. The molecule has 1 aliphatic rings. The van der Waals surface area contributed by atoms with Crippen LogP contribution in [0, 0.1) is 5.92 Å². The van der Waals surface area contributed by atoms with E-state index in [1.165, 1.54) is 26.0 Å². The fourth-order valence-electron chi connectivity index (χ4n) is 1.59. The Bertz CT molecular complexity index is 392. The molecule has 0 heterocycles. The number of benzene rings is 1. The van der Waals surface area contributed by atoms with Gasteiger partial charge < -0.3 is 24.3 Å². The number of hydrogen-bond acceptors (Lipinski definition) is 5. The third kappa shape index (κ3) is 3.63. The topological polar surface area (TPSA) is 68.2 Å². The van der Waals surface area contributed by atoms with E-state index >= 15 is 0 Å². The average molecular weight is 252 g/mol. The molecule has 1 aromatic rings. The predicted molar refractivity (Wildman–Crippen MR) is 67.0 cm³/mol. The van der Waals surface area contributed by atoms with Crippen LogP contribution in [0.5, 0.6) is 11.5 Å². The molecule has 1 saturated carbocycles. The first-order chi connectivity index (χ1) is 8.70. The minimum atomic E-state index is -1.60. The number of ether oxygens (including phenoxy) is 3. The van der Waals surface area contributed by atoms with E-state index in [9.17, 15) is 10.0 Å². The minimum Gasteiger partial charge on any atom is -0.497 e. The molecule has 1 fully saturated rings. The summed E-state index contributed by atoms with van der Waals surface area (Å²) in [5, 5.41) is 18.5. The van der Waals surface area contributed by atoms with E-state index in [2.05, 4.69) is 0 Å². The summed E-state index contributed by atoms with van der Waals surface area (Å²) in [6, 6.07) is 4.86. The van der Waals surface area contributed by atoms with Crippen molar-refractivity contribution >= 4 is 12.6 Å². The number of hydrogen-bond donors (Lipinski definition) is 2. The van der Waals surface area contributed by atoms with E-state index in [-0.39, 0.29) is 12.3 Å². The van der Waals surface area contributed by atoms with Gasteiger partial charge in [0, 0.05) is 5.46 Å². The van der Waals surface area contributed by atoms with Crippen molar-refractivity contribution in [2.24, 2.45) is 5.92 Å². The van der Waals surface area contributed by atoms with E-state index in [1.807, 2.05) is 0 Å². The largest absolute Gasteiger partial charge is 0.497 e. The van der Waals surface area contributed by atoms with Crippen molar-refractivity contribution in [2.75, 3.05) is 20.5 Å². The quantitative estimate of drug-likeness (QED) is 0.410. The molecule has 2 N–H and O–H groups in total. The lowest BCUT2D eigenvalue weighted by Gasteiger charge is -2.12. The maximum absolute atomic E-state index is 9.26. The molecule has 5 nitrogen and oxygen atoms in total. The zero-order chi connectivity index (χ0) is 13.0. The highest BCUT2D eigenvalue weighted by Gasteiger charge is 2.22. The Hall–Kier alpha value is -1.24. The summed E-state index contributed by atoms with van der Waals surface area (Å²) >= 11 is 0. The van der Waals surface area contributed by atoms with Crippen LogP contribution in [0.25, 0.3) is 0 Å². The Balaban J connectivity index is 1.92. The molecule has 0 aliphatic heterocycles. The second-order valence-electron chi connectivity index (χ2n) is 4.35. The Morgan fingerprint density at radius 3 is 2.72 bits per heavy atom. The van der Waals surface area contributed by atoms with Crippen LogP contribution in [-0.4, -0.2) is 37.7 Å². The molecule has 0 atom stereocenters. The van der Waals surface area contributed by atoms with Gasteiger partial charge in [-0.3, -0.25) is 0 Å². The highest BCUT2D eigenvalue weighted by molar-refractivity contribution is 6.59. The summed E-state index contributed by atoms with van der Waals surface area (Å²) in [5.74, 6) is 1.61. The maximum atomic E-state index is 9.26. The first-order valence-electron chi connectivity index (χ1n) is 5.95. The second kappa shape index (κ2) is 6.09. The summed E-state index contributed by atoms with van der Waals surface area (Å²) in [5.41, 5.74) is 0.268. The van der Waals surface area contributed by atoms with Gasteiger partial charge in [0.15, 0.2) is 6.79 Å². The molecule has 6 heteroatoms. The molecule has 0 bridgehead atoms. The Morgan fingerprint density at radius 2 is 2.11 bits per heavy atom. The lowest BCUT2D eigenvalue weighted by atomic mass is 9.79. The molecule has 0 saturated heterocycles. The SMILES string of the molecule is COc1ccc(OCOCC2CC2)c(B(O)O)c1. The highest BCUT2D eigenvalue weighted by Crippen LogP contribution is 2.28. The molecule has 0 radical (unpaired) electrons. The van der Waals surface area contributed by atoms with E-state index in [4.69, 9.17) is 14.2 Å². The van der Waals surface area contributed by atoms with Crippen molar-refractivity contribution in [3.8, 4) is 11.5 Å². The average Bonchev–Trinajstić information content (AvgIpc) is 3.18. The zero-order valence-corrected chi connectivity index (χ0v) is 10.3. The van der Waals surface area contributed by atoms with Crippen LogP contribution < -0.4 is 14.9 Å². The fourth-order valence-corrected chi connectivity index (χ4v) is 1.59. The van der Waals surface area contributed by atoms with Gasteiger partial charge in [-0.05, 0) is 37.0 Å². The van der Waals surface area contributed by atoms with Crippen molar-refractivity contribution in [3.05, 3.63) is 18.2 Å². The molecular weight excluding hydrogens is 235 g/mol. The van der Waals surface area contributed by atoms with Crippen LogP contribution in [0.1, 0.15) is 12.8 Å². The van der Waals surface area contributed by atoms with Gasteiger partial charge in [-0.25, -0.2) is 0 Å². The number of rotatable bonds is 7. The standard InChI is InChI=1S/C12H17BO5/c1-16-10-4-5-12(11(6-10)13(14)15)18-8-17-7-9-2-3-9/h4-6,9,14-15H,2-3,7-8H2,1H3. The molecule has 0 unspecified atom stereocenters. The molecule has 1 aliphatic carbocycles. The van der Waals surface area contributed by atoms with Crippen LogP contribution in [0.3, 0.4) is 0 Å². The van der Waals surface area contributed by atoms with Gasteiger partial charge in [0.05, 0.1) is 13.7 Å². The summed E-state index contributed by atoms with van der Waals surface area (Å²) in [4.78, 5) is 0. The van der Waals surface area contributed by atoms with E-state index < -0.39 is 7.12 Å². The molecule has 98 valence electrons. The van der Waals surface area contributed by atoms with Gasteiger partial charge >= 0.3 is 7.12 Å². The van der Waals surface area contributed by atoms with Gasteiger partial charge in [-0.1, -0.05) is 0 Å². The van der Waals surface area contributed by atoms with Gasteiger partial charge in [0.2, 0.25) is 0 Å². The molecule has 18 heavy (non-hydrogen) atoms. The molecule has 0 amide bonds. The first kappa shape index (κ1) is 13.2. The normalized spacial score (nSPS) is 14.4. The summed E-state index contributed by atoms with van der Waals surface area (Å²) in [7, 11) is -0.0826. The van der Waals surface area contributed by atoms with Crippen LogP contribution in [0.2, 0.25) is 0 Å². The van der Waals surface area contributed by atoms with Crippen molar-refractivity contribution in [2.45, 2.75) is 12.8 Å². The number of methoxy groups -OCH3 is 1. The van der Waals surface area contributed by atoms with E-state index in [0.717, 1.165) is 0 Å². The van der Waals surface area contributed by atoms with Gasteiger partial charge in [0.25, 0.3) is 0 Å². The predicted octanol–water partition coefficient (Wildman–Crippen LogP) is 0.138. The summed E-state index contributed by atoms with van der Waals surface area (Å²) in [6.07, 6.45) is 2.45. The lowest BCUT2D eigenvalue weighted by molar-refractivity contribution is 0.0104. The lowest BCUT2D eigenvalue weighted by Crippen LogP contribution is -2.31. The van der Waals surface area contributed by atoms with Crippen molar-refractivity contribution in [1.82, 2.24) is 0 Å². The monoisotopic (exact) mass is 252 g/mol.